The Morgan fingerprint density at radius 2 is 1.76 bits per heavy atom. The summed E-state index contributed by atoms with van der Waals surface area (Å²) in [5.41, 5.74) is 7.53. The van der Waals surface area contributed by atoms with Gasteiger partial charge in [0.25, 0.3) is 0 Å². The largest absolute Gasteiger partial charge is 0.398 e. The highest BCUT2D eigenvalue weighted by atomic mass is 19.1. The second-order valence-corrected chi connectivity index (χ2v) is 6.57. The van der Waals surface area contributed by atoms with E-state index in [4.69, 9.17) is 5.73 Å². The predicted molar refractivity (Wildman–Crippen MR) is 84.5 cm³/mol. The average molecular weight is 291 g/mol. The average Bonchev–Trinajstić information content (AvgIpc) is 2.97. The molecule has 0 radical (unpaired) electrons. The Morgan fingerprint density at radius 1 is 1.05 bits per heavy atom. The van der Waals surface area contributed by atoms with Crippen LogP contribution in [0.15, 0.2) is 18.2 Å². The zero-order valence-corrected chi connectivity index (χ0v) is 12.7. The minimum atomic E-state index is -0.249. The summed E-state index contributed by atoms with van der Waals surface area (Å²) < 4.78 is 13.1. The van der Waals surface area contributed by atoms with Crippen molar-refractivity contribution in [1.29, 1.82) is 0 Å². The number of nitrogens with zero attached hydrogens (tertiary/aromatic N) is 2. The molecule has 0 aliphatic carbocycles. The summed E-state index contributed by atoms with van der Waals surface area (Å²) >= 11 is 0. The number of anilines is 1. The van der Waals surface area contributed by atoms with Crippen LogP contribution in [0, 0.1) is 11.7 Å². The van der Waals surface area contributed by atoms with Crippen LogP contribution in [-0.2, 0) is 6.54 Å². The van der Waals surface area contributed by atoms with E-state index in [1.54, 1.807) is 0 Å². The number of nitrogens with two attached hydrogens (primary N) is 1. The SMILES string of the molecule is Nc1cc(F)ccc1CN1CCC(CN2CCCC2)CC1. The van der Waals surface area contributed by atoms with Crippen LogP contribution in [0.5, 0.6) is 0 Å². The molecule has 3 nitrogen and oxygen atoms in total. The maximum atomic E-state index is 13.1. The van der Waals surface area contributed by atoms with E-state index in [0.717, 1.165) is 31.1 Å². The van der Waals surface area contributed by atoms with Gasteiger partial charge in [-0.05, 0) is 75.5 Å². The van der Waals surface area contributed by atoms with Gasteiger partial charge in [0, 0.05) is 18.8 Å². The Bertz CT molecular complexity index is 463. The number of hydrogen-bond acceptors (Lipinski definition) is 3. The first kappa shape index (κ1) is 14.8. The van der Waals surface area contributed by atoms with E-state index in [9.17, 15) is 4.39 Å². The van der Waals surface area contributed by atoms with Gasteiger partial charge in [0.15, 0.2) is 0 Å². The Labute approximate surface area is 126 Å². The lowest BCUT2D eigenvalue weighted by Crippen LogP contribution is -2.37. The third-order valence-corrected chi connectivity index (χ3v) is 4.92. The highest BCUT2D eigenvalue weighted by molar-refractivity contribution is 5.46. The number of rotatable bonds is 4. The lowest BCUT2D eigenvalue weighted by molar-refractivity contribution is 0.149. The lowest BCUT2D eigenvalue weighted by Gasteiger charge is -2.34. The van der Waals surface area contributed by atoms with Crippen molar-refractivity contribution in [2.75, 3.05) is 38.5 Å². The molecule has 2 aliphatic heterocycles. The van der Waals surface area contributed by atoms with Gasteiger partial charge >= 0.3 is 0 Å². The minimum absolute atomic E-state index is 0.249. The summed E-state index contributed by atoms with van der Waals surface area (Å²) in [4.78, 5) is 5.07. The predicted octanol–water partition coefficient (Wildman–Crippen LogP) is 2.72. The van der Waals surface area contributed by atoms with Crippen LogP contribution in [0.1, 0.15) is 31.2 Å². The summed E-state index contributed by atoms with van der Waals surface area (Å²) in [6.45, 7) is 7.00. The van der Waals surface area contributed by atoms with E-state index in [1.165, 1.54) is 57.5 Å². The van der Waals surface area contributed by atoms with Crippen molar-refractivity contribution < 1.29 is 4.39 Å². The molecule has 116 valence electrons. The molecule has 0 unspecified atom stereocenters. The Hall–Kier alpha value is -1.13. The van der Waals surface area contributed by atoms with E-state index in [-0.39, 0.29) is 5.82 Å². The van der Waals surface area contributed by atoms with Crippen LogP contribution in [0.2, 0.25) is 0 Å². The molecule has 2 saturated heterocycles. The van der Waals surface area contributed by atoms with Gasteiger partial charge in [0.2, 0.25) is 0 Å². The van der Waals surface area contributed by atoms with E-state index in [2.05, 4.69) is 9.80 Å². The van der Waals surface area contributed by atoms with Gasteiger partial charge in [-0.3, -0.25) is 4.90 Å². The molecule has 0 saturated carbocycles. The van der Waals surface area contributed by atoms with Gasteiger partial charge in [-0.2, -0.15) is 0 Å². The second kappa shape index (κ2) is 6.75. The van der Waals surface area contributed by atoms with Gasteiger partial charge in [0.1, 0.15) is 5.82 Å². The third kappa shape index (κ3) is 3.95. The topological polar surface area (TPSA) is 32.5 Å². The molecule has 0 aromatic heterocycles. The highest BCUT2D eigenvalue weighted by Crippen LogP contribution is 2.23. The molecule has 0 atom stereocenters. The number of likely N-dealkylation sites (tertiary alicyclic amines) is 2. The Balaban J connectivity index is 1.46. The van der Waals surface area contributed by atoms with E-state index in [0.29, 0.717) is 5.69 Å². The maximum absolute atomic E-state index is 13.1. The van der Waals surface area contributed by atoms with Crippen molar-refractivity contribution >= 4 is 5.69 Å². The van der Waals surface area contributed by atoms with Crippen molar-refractivity contribution in [3.05, 3.63) is 29.6 Å². The lowest BCUT2D eigenvalue weighted by atomic mass is 9.96. The van der Waals surface area contributed by atoms with Crippen LogP contribution in [-0.4, -0.2) is 42.5 Å². The van der Waals surface area contributed by atoms with Gasteiger partial charge in [-0.15, -0.1) is 0 Å². The monoisotopic (exact) mass is 291 g/mol. The molecular weight excluding hydrogens is 265 g/mol. The standard InChI is InChI=1S/C17H26FN3/c18-16-4-3-15(17(19)11-16)13-21-9-5-14(6-10-21)12-20-7-1-2-8-20/h3-4,11,14H,1-2,5-10,12-13,19H2. The van der Waals surface area contributed by atoms with Crippen LogP contribution in [0.3, 0.4) is 0 Å². The first-order valence-corrected chi connectivity index (χ1v) is 8.19. The van der Waals surface area contributed by atoms with E-state index < -0.39 is 0 Å². The Morgan fingerprint density at radius 3 is 2.43 bits per heavy atom. The summed E-state index contributed by atoms with van der Waals surface area (Å²) in [6.07, 6.45) is 5.31. The fraction of sp³-hybridized carbons (Fsp3) is 0.647. The first-order valence-electron chi connectivity index (χ1n) is 8.19. The fourth-order valence-electron chi connectivity index (χ4n) is 3.61. The molecule has 3 rings (SSSR count). The van der Waals surface area contributed by atoms with Crippen LogP contribution < -0.4 is 5.73 Å². The number of nitrogen functional groups attached to an aromatic ring is 1. The summed E-state index contributed by atoms with van der Waals surface area (Å²) in [5.74, 6) is 0.602. The molecule has 0 bridgehead atoms. The first-order chi connectivity index (χ1) is 10.2. The molecule has 4 heteroatoms. The van der Waals surface area contributed by atoms with E-state index in [1.807, 2.05) is 6.07 Å². The fourth-order valence-corrected chi connectivity index (χ4v) is 3.61. The number of benzene rings is 1. The van der Waals surface area contributed by atoms with Crippen LogP contribution >= 0.6 is 0 Å². The van der Waals surface area contributed by atoms with Gasteiger partial charge in [-0.25, -0.2) is 4.39 Å². The van der Waals surface area contributed by atoms with Gasteiger partial charge in [0.05, 0.1) is 0 Å². The molecule has 0 amide bonds. The zero-order chi connectivity index (χ0) is 14.7. The number of piperidine rings is 1. The molecule has 2 aliphatic rings. The molecule has 2 N–H and O–H groups in total. The quantitative estimate of drug-likeness (QED) is 0.866. The molecular formula is C17H26FN3. The normalized spacial score (nSPS) is 22.0. The molecule has 0 spiro atoms. The molecule has 2 fully saturated rings. The van der Waals surface area contributed by atoms with Crippen LogP contribution in [0.4, 0.5) is 10.1 Å². The minimum Gasteiger partial charge on any atom is -0.398 e. The highest BCUT2D eigenvalue weighted by Gasteiger charge is 2.23. The van der Waals surface area contributed by atoms with E-state index >= 15 is 0 Å². The number of hydrogen-bond donors (Lipinski definition) is 1. The maximum Gasteiger partial charge on any atom is 0.125 e. The zero-order valence-electron chi connectivity index (χ0n) is 12.7. The van der Waals surface area contributed by atoms with Crippen molar-refractivity contribution in [2.24, 2.45) is 5.92 Å². The van der Waals surface area contributed by atoms with Crippen LogP contribution in [0.25, 0.3) is 0 Å². The molecule has 2 heterocycles. The van der Waals surface area contributed by atoms with Crippen molar-refractivity contribution in [2.45, 2.75) is 32.2 Å². The van der Waals surface area contributed by atoms with Gasteiger partial charge < -0.3 is 10.6 Å². The molecule has 21 heavy (non-hydrogen) atoms. The van der Waals surface area contributed by atoms with Crippen molar-refractivity contribution in [3.8, 4) is 0 Å². The van der Waals surface area contributed by atoms with Crippen molar-refractivity contribution in [1.82, 2.24) is 9.80 Å². The smallest absolute Gasteiger partial charge is 0.125 e. The molecule has 1 aromatic carbocycles. The third-order valence-electron chi connectivity index (χ3n) is 4.92. The summed E-state index contributed by atoms with van der Waals surface area (Å²) in [6, 6.07) is 4.75. The second-order valence-electron chi connectivity index (χ2n) is 6.57. The Kier molecular flexibility index (Phi) is 4.76. The summed E-state index contributed by atoms with van der Waals surface area (Å²) in [5, 5.41) is 0. The van der Waals surface area contributed by atoms with Gasteiger partial charge in [-0.1, -0.05) is 6.07 Å². The molecule has 1 aromatic rings. The number of halogens is 1. The van der Waals surface area contributed by atoms with Crippen molar-refractivity contribution in [3.63, 3.8) is 0 Å². The summed E-state index contributed by atoms with van der Waals surface area (Å²) in [7, 11) is 0.